The number of nitrogens with zero attached hydrogens (tertiary/aromatic N) is 8. The van der Waals surface area contributed by atoms with Crippen molar-refractivity contribution in [2.24, 2.45) is 35.3 Å². The molecule has 127 heavy (non-hydrogen) atoms. The maximum Gasteiger partial charge on any atom is 0.407 e. The molecule has 1 aliphatic carbocycles. The van der Waals surface area contributed by atoms with Crippen molar-refractivity contribution in [2.75, 3.05) is 171 Å². The minimum atomic E-state index is -2.49. The van der Waals surface area contributed by atoms with Crippen molar-refractivity contribution < 1.29 is 120 Å². The Morgan fingerprint density at radius 1 is 0.677 bits per heavy atom. The average Bonchev–Trinajstić information content (AvgIpc) is 1.55. The molecule has 16 atom stereocenters. The Hall–Kier alpha value is -8.78. The summed E-state index contributed by atoms with van der Waals surface area (Å²) in [5, 5.41) is 46.6. The second-order valence-electron chi connectivity index (χ2n) is 32.7. The number of aliphatic hydroxyl groups excluding tert-OH is 2. The zero-order valence-corrected chi connectivity index (χ0v) is 74.8. The molecule has 1 saturated carbocycles. The summed E-state index contributed by atoms with van der Waals surface area (Å²) in [6, 6.07) is 3.31. The molecule has 3 fully saturated rings. The number of Topliss-reactive ketones (excluding diaryl/α,β-unsaturated/α-hetero) is 2. The number of alkyl carbamates (subject to hydrolysis) is 1. The van der Waals surface area contributed by atoms with Crippen molar-refractivity contribution in [1.29, 1.82) is 0 Å². The number of carbonyl (C=O) groups excluding carboxylic acids is 6. The van der Waals surface area contributed by atoms with E-state index in [9.17, 15) is 44.1 Å². The third-order valence-electron chi connectivity index (χ3n) is 23.1. The van der Waals surface area contributed by atoms with Crippen molar-refractivity contribution in [3.05, 3.63) is 95.9 Å². The van der Waals surface area contributed by atoms with Crippen molar-refractivity contribution in [3.63, 3.8) is 0 Å². The van der Waals surface area contributed by atoms with Crippen LogP contribution in [-0.2, 0) is 96.8 Å². The van der Waals surface area contributed by atoms with Crippen LogP contribution in [0.15, 0.2) is 88.9 Å². The number of aromatic nitrogens is 7. The number of benzene rings is 1. The lowest BCUT2D eigenvalue weighted by molar-refractivity contribution is -0.265. The fourth-order valence-electron chi connectivity index (χ4n) is 15.9. The number of nitrogens with two attached hydrogens (primary N) is 3. The van der Waals surface area contributed by atoms with Gasteiger partial charge in [-0.3, -0.25) is 19.2 Å². The van der Waals surface area contributed by atoms with Crippen LogP contribution < -0.4 is 27.8 Å². The highest BCUT2D eigenvalue weighted by atomic mass is 16.6. The number of ether oxygens (including phenoxy) is 15. The minimum absolute atomic E-state index is 0.00239. The van der Waals surface area contributed by atoms with E-state index in [2.05, 4.69) is 35.6 Å². The van der Waals surface area contributed by atoms with E-state index < -0.39 is 114 Å². The summed E-state index contributed by atoms with van der Waals surface area (Å²) in [7, 11) is 4.46. The topological polar surface area (TPSA) is 502 Å². The minimum Gasteiger partial charge on any atom is -0.459 e. The number of fused-ring (bicyclic) bond motifs is 5. The summed E-state index contributed by atoms with van der Waals surface area (Å²) in [6.07, 6.45) is 12.1. The van der Waals surface area contributed by atoms with Gasteiger partial charge in [-0.25, -0.2) is 34.2 Å². The molecule has 4 aliphatic rings. The molecule has 7 heterocycles. The summed E-state index contributed by atoms with van der Waals surface area (Å²) >= 11 is 0. The first-order chi connectivity index (χ1) is 61.3. The van der Waals surface area contributed by atoms with Crippen LogP contribution in [0.4, 0.5) is 16.6 Å². The van der Waals surface area contributed by atoms with E-state index in [1.165, 1.54) is 20.5 Å². The molecule has 3 aliphatic heterocycles. The number of allylic oxidation sites excluding steroid dienone is 5. The van der Waals surface area contributed by atoms with E-state index in [0.717, 1.165) is 16.0 Å². The summed E-state index contributed by atoms with van der Waals surface area (Å²) in [5.74, 6) is -8.12. The lowest BCUT2D eigenvalue weighted by Gasteiger charge is -2.42. The number of oxazole rings is 1. The normalized spacial score (nSPS) is 27.0. The van der Waals surface area contributed by atoms with Gasteiger partial charge >= 0.3 is 12.1 Å². The highest BCUT2D eigenvalue weighted by Gasteiger charge is 2.53. The van der Waals surface area contributed by atoms with Gasteiger partial charge in [-0.15, -0.1) is 0 Å². The number of hydrogen-bond donors (Lipinski definition) is 8. The predicted molar refractivity (Wildman–Crippen MR) is 465 cm³/mol. The summed E-state index contributed by atoms with van der Waals surface area (Å²) in [6.45, 7) is 17.8. The Labute approximate surface area is 741 Å². The molecule has 1 aromatic carbocycles. The lowest BCUT2D eigenvalue weighted by atomic mass is 9.80. The Kier molecular flexibility index (Phi) is 42.9. The van der Waals surface area contributed by atoms with E-state index >= 15 is 0 Å². The number of hydrogen-bond acceptors (Lipinski definition) is 34. The first-order valence-corrected chi connectivity index (χ1v) is 44.1. The van der Waals surface area contributed by atoms with Crippen LogP contribution in [0.1, 0.15) is 135 Å². The van der Waals surface area contributed by atoms with Crippen molar-refractivity contribution in [1.82, 2.24) is 50.2 Å². The highest BCUT2D eigenvalue weighted by Crippen LogP contribution is 2.39. The largest absolute Gasteiger partial charge is 0.459 e. The third kappa shape index (κ3) is 31.5. The summed E-state index contributed by atoms with van der Waals surface area (Å²) in [4.78, 5) is 106. The van der Waals surface area contributed by atoms with E-state index in [1.54, 1.807) is 70.1 Å². The fraction of sp³-hybridized carbons (Fsp3) is 0.663. The van der Waals surface area contributed by atoms with E-state index in [1.807, 2.05) is 50.3 Å². The molecule has 11 N–H and O–H groups in total. The van der Waals surface area contributed by atoms with Gasteiger partial charge in [0.05, 0.1) is 155 Å². The van der Waals surface area contributed by atoms with Gasteiger partial charge < -0.3 is 124 Å². The average molecular weight is 1790 g/mol. The zero-order chi connectivity index (χ0) is 91.2. The number of esters is 1. The molecular formula is C89H133N13O25. The fourth-order valence-corrected chi connectivity index (χ4v) is 15.9. The molecule has 0 spiro atoms. The monoisotopic (exact) mass is 1780 g/mol. The smallest absolute Gasteiger partial charge is 0.407 e. The van der Waals surface area contributed by atoms with Gasteiger partial charge in [-0.1, -0.05) is 64.2 Å². The van der Waals surface area contributed by atoms with Crippen LogP contribution in [0, 0.1) is 29.6 Å². The molecule has 2 bridgehead atoms. The van der Waals surface area contributed by atoms with Gasteiger partial charge in [0.2, 0.25) is 11.6 Å². The summed E-state index contributed by atoms with van der Waals surface area (Å²) in [5.41, 5.74) is 23.9. The van der Waals surface area contributed by atoms with E-state index in [4.69, 9.17) is 97.8 Å². The Morgan fingerprint density at radius 2 is 1.30 bits per heavy atom. The Morgan fingerprint density at radius 3 is 1.91 bits per heavy atom. The molecular weight excluding hydrogens is 1650 g/mol. The quantitative estimate of drug-likeness (QED) is 0.00972. The number of ketones is 2. The number of nitrogen functional groups attached to an aromatic ring is 2. The number of aliphatic hydroxyl groups is 3. The summed E-state index contributed by atoms with van der Waals surface area (Å²) < 4.78 is 93.2. The van der Waals surface area contributed by atoms with Crippen LogP contribution >= 0.6 is 0 Å². The van der Waals surface area contributed by atoms with E-state index in [-0.39, 0.29) is 107 Å². The number of amides is 3. The number of cyclic esters (lactones) is 1. The standard InChI is InChI=1S/C89H133N13O25/c1-56-15-11-10-12-16-57(2)72(112-7)50-65-21-18-61(6)89(111,127-65)80(106)85(108)101-26-14-13-17-68(101)86(109)124-73(51-69(103)58(3)46-60(5)78(105)79(114-9)77(104)59(4)45-56)66(90)47-62-19-22-71(74(48-62)113-8)126-88(110)94-25-28-116-30-32-118-34-36-120-38-40-122-42-44-123-43-41-121-39-37-119-35-33-117-31-29-115-27-24-93-84(107)82-95-52-63(53-96-82)54-102-83-75(81(91)97-55-98-83)76(100-102)64-20-23-70-67(49-64)99-87(92)125-70/h10-12,15-16,20,23,46,49,52-53,55-56,58-59,61-62,65-66,68-69,71-74,78-79,103,105,111H,13-14,17-19,21-22,24-45,47-48,50-51,54,90H2,1-9H3,(H2,92,99)(H,93,107)(H,94,110)(H2,91,97,98)/b12-10+,15-11+,57-16+,60-46+/t56-,58-,59-,61-,62+,65+,66-,68+,69-,71-,72+,73+,74-,78-,79+,89-/m1/s1. The molecule has 4 aromatic heterocycles. The second-order valence-corrected chi connectivity index (χ2v) is 32.7. The number of carbonyl (C=O) groups is 6. The van der Waals surface area contributed by atoms with Gasteiger partial charge in [0.15, 0.2) is 17.0 Å². The van der Waals surface area contributed by atoms with Gasteiger partial charge in [0, 0.05) is 101 Å². The van der Waals surface area contributed by atoms with Gasteiger partial charge in [0.1, 0.15) is 53.8 Å². The van der Waals surface area contributed by atoms with Crippen molar-refractivity contribution in [3.8, 4) is 11.3 Å². The van der Waals surface area contributed by atoms with Crippen LogP contribution in [0.5, 0.6) is 0 Å². The lowest BCUT2D eigenvalue weighted by Crippen LogP contribution is -2.61. The maximum absolute atomic E-state index is 14.7. The molecule has 3 amide bonds. The Bertz CT molecular complexity index is 4360. The number of anilines is 2. The maximum atomic E-state index is 14.7. The molecule has 38 heteroatoms. The number of rotatable bonds is 41. The van der Waals surface area contributed by atoms with Gasteiger partial charge in [0.25, 0.3) is 23.6 Å². The van der Waals surface area contributed by atoms with Gasteiger partial charge in [-0.2, -0.15) is 10.1 Å². The Balaban J connectivity index is 0.583. The highest BCUT2D eigenvalue weighted by molar-refractivity contribution is 6.39. The first-order valence-electron chi connectivity index (χ1n) is 44.1. The second kappa shape index (κ2) is 53.4. The number of piperidine rings is 1. The molecule has 2 saturated heterocycles. The number of nitrogens with one attached hydrogen (secondary N) is 2. The van der Waals surface area contributed by atoms with Gasteiger partial charge in [-0.05, 0) is 119 Å². The zero-order valence-electron chi connectivity index (χ0n) is 74.8. The van der Waals surface area contributed by atoms with Crippen molar-refractivity contribution >= 4 is 69.4 Å². The van der Waals surface area contributed by atoms with Crippen LogP contribution in [0.2, 0.25) is 0 Å². The molecule has 704 valence electrons. The molecule has 5 aromatic rings. The first kappa shape index (κ1) is 102. The number of methoxy groups -OCH3 is 3. The van der Waals surface area contributed by atoms with Crippen molar-refractivity contribution in [2.45, 2.75) is 192 Å². The van der Waals surface area contributed by atoms with Crippen LogP contribution in [0.3, 0.4) is 0 Å². The molecule has 0 radical (unpaired) electrons. The van der Waals surface area contributed by atoms with Crippen LogP contribution in [-0.4, -0.2) is 317 Å². The molecule has 38 nitrogen and oxygen atoms in total. The molecule has 0 unspecified atom stereocenters. The van der Waals surface area contributed by atoms with E-state index in [0.29, 0.717) is 189 Å². The predicted octanol–water partition coefficient (Wildman–Crippen LogP) is 5.93. The third-order valence-corrected chi connectivity index (χ3v) is 23.1. The molecule has 9 rings (SSSR count). The SMILES string of the molecule is CO[C@H]1C[C@@H]2CC[C@@H](C)[C@@](O)(O2)C(=O)C(=O)N2CCCC[C@H]2C(=O)O[C@H]([C@H](N)C[C@@H]2CC[C@@H](OC(=O)NCCOCCOCCOCCOCCOCCOCCOCCOCCOCCNC(=O)c3ncc(Cn4nc(-c5ccc6oc(N)nc6c5)c5c(N)ncnc54)cn3)[C@H](OC)C2)C[C@@H](O)[C@H](C)/C=C(\C)[C@@H](O)[C@@H](OC)C(=O)[C@H](C)C[C@H](C)/C=C/C=C/C=C/1C. The van der Waals surface area contributed by atoms with Crippen LogP contribution in [0.25, 0.3) is 33.4 Å².